The molecule has 1 unspecified atom stereocenters. The molecule has 1 N–H and O–H groups in total. The fourth-order valence-electron chi connectivity index (χ4n) is 1.50. The first-order valence-corrected chi connectivity index (χ1v) is 7.12. The first-order valence-electron chi connectivity index (χ1n) is 5.42. The number of thioether (sulfide) groups is 1. The van der Waals surface area contributed by atoms with Crippen LogP contribution in [0.25, 0.3) is 0 Å². The molecule has 0 aliphatic carbocycles. The number of alkyl halides is 3. The van der Waals surface area contributed by atoms with Gasteiger partial charge in [0.05, 0.1) is 6.04 Å². The van der Waals surface area contributed by atoms with Gasteiger partial charge in [-0.15, -0.1) is 11.3 Å². The molecule has 1 fully saturated rings. The Morgan fingerprint density at radius 1 is 1.47 bits per heavy atom. The van der Waals surface area contributed by atoms with E-state index in [1.807, 2.05) is 17.5 Å². The number of hydrogen-bond donors (Lipinski definition) is 1. The SMILES string of the molecule is C[C@H](N=C1NC(=O)C(C)(C(F)(F)F)S1)c1cccs1. The molecule has 2 rings (SSSR count). The molecule has 0 radical (unpaired) electrons. The Kier molecular flexibility index (Phi) is 3.65. The topological polar surface area (TPSA) is 41.5 Å². The number of hydrogen-bond acceptors (Lipinski definition) is 4. The zero-order valence-electron chi connectivity index (χ0n) is 10.1. The molecule has 1 aliphatic heterocycles. The molecule has 1 aliphatic rings. The van der Waals surface area contributed by atoms with Crippen LogP contribution in [0.15, 0.2) is 22.5 Å². The van der Waals surface area contributed by atoms with Crippen molar-refractivity contribution in [2.45, 2.75) is 30.8 Å². The summed E-state index contributed by atoms with van der Waals surface area (Å²) in [5, 5.41) is 4.09. The van der Waals surface area contributed by atoms with Gasteiger partial charge in [0.1, 0.15) is 0 Å². The van der Waals surface area contributed by atoms with Gasteiger partial charge in [-0.2, -0.15) is 13.2 Å². The second-order valence-electron chi connectivity index (χ2n) is 4.21. The minimum atomic E-state index is -4.61. The zero-order chi connectivity index (χ0) is 14.3. The van der Waals surface area contributed by atoms with Gasteiger partial charge in [0.2, 0.25) is 0 Å². The maximum absolute atomic E-state index is 12.8. The second-order valence-corrected chi connectivity index (χ2v) is 6.60. The average molecular weight is 308 g/mol. The van der Waals surface area contributed by atoms with E-state index in [9.17, 15) is 18.0 Å². The van der Waals surface area contributed by atoms with Crippen LogP contribution in [0.3, 0.4) is 0 Å². The van der Waals surface area contributed by atoms with Crippen molar-refractivity contribution in [2.75, 3.05) is 0 Å². The predicted octanol–water partition coefficient (Wildman–Crippen LogP) is 3.35. The van der Waals surface area contributed by atoms with Gasteiger partial charge in [0, 0.05) is 4.88 Å². The summed E-state index contributed by atoms with van der Waals surface area (Å²) in [7, 11) is 0. The molecular formula is C11H11F3N2OS2. The van der Waals surface area contributed by atoms with Crippen LogP contribution in [-0.4, -0.2) is 22.0 Å². The highest BCUT2D eigenvalue weighted by Crippen LogP contribution is 2.45. The number of halogens is 3. The van der Waals surface area contributed by atoms with E-state index in [0.29, 0.717) is 11.8 Å². The van der Waals surface area contributed by atoms with Crippen LogP contribution in [0.5, 0.6) is 0 Å². The highest BCUT2D eigenvalue weighted by Gasteiger charge is 2.61. The molecule has 0 saturated carbocycles. The van der Waals surface area contributed by atoms with Crippen molar-refractivity contribution < 1.29 is 18.0 Å². The molecule has 1 amide bonds. The first kappa shape index (κ1) is 14.4. The van der Waals surface area contributed by atoms with Crippen molar-refractivity contribution in [3.63, 3.8) is 0 Å². The van der Waals surface area contributed by atoms with E-state index >= 15 is 0 Å². The summed E-state index contributed by atoms with van der Waals surface area (Å²) in [5.41, 5.74) is 0. The van der Waals surface area contributed by atoms with Crippen LogP contribution in [0.4, 0.5) is 13.2 Å². The van der Waals surface area contributed by atoms with Crippen LogP contribution in [-0.2, 0) is 4.79 Å². The maximum Gasteiger partial charge on any atom is 0.412 e. The molecule has 1 aromatic heterocycles. The standard InChI is InChI=1S/C11H11F3N2OS2/c1-6(7-4-3-5-18-7)15-9-16-8(17)10(2,19-9)11(12,13)14/h3-6H,1-2H3,(H,15,16,17)/t6-,10?/m0/s1. The number of carbonyl (C=O) groups excluding carboxylic acids is 1. The Balaban J connectivity index is 2.20. The quantitative estimate of drug-likeness (QED) is 0.910. The molecule has 8 heteroatoms. The lowest BCUT2D eigenvalue weighted by Gasteiger charge is -2.21. The molecule has 2 atom stereocenters. The van der Waals surface area contributed by atoms with E-state index in [1.165, 1.54) is 11.3 Å². The Hall–Kier alpha value is -1.02. The summed E-state index contributed by atoms with van der Waals surface area (Å²) >= 11 is 1.89. The highest BCUT2D eigenvalue weighted by molar-refractivity contribution is 8.16. The number of nitrogens with one attached hydrogen (secondary N) is 1. The first-order chi connectivity index (χ1) is 8.74. The maximum atomic E-state index is 12.8. The number of carbonyl (C=O) groups is 1. The fraction of sp³-hybridized carbons (Fsp3) is 0.455. The molecule has 0 aromatic carbocycles. The van der Waals surface area contributed by atoms with Gasteiger partial charge in [0.15, 0.2) is 9.91 Å². The predicted molar refractivity (Wildman–Crippen MR) is 70.4 cm³/mol. The van der Waals surface area contributed by atoms with Gasteiger partial charge >= 0.3 is 6.18 Å². The average Bonchev–Trinajstić information content (AvgIpc) is 2.87. The molecule has 1 saturated heterocycles. The Labute approximate surface area is 116 Å². The van der Waals surface area contributed by atoms with E-state index in [-0.39, 0.29) is 11.2 Å². The van der Waals surface area contributed by atoms with E-state index in [2.05, 4.69) is 10.3 Å². The summed E-state index contributed by atoms with van der Waals surface area (Å²) in [5.74, 6) is -1.07. The minimum Gasteiger partial charge on any atom is -0.304 e. The molecule has 2 heterocycles. The highest BCUT2D eigenvalue weighted by atomic mass is 32.2. The summed E-state index contributed by atoms with van der Waals surface area (Å²) in [4.78, 5) is 16.6. The van der Waals surface area contributed by atoms with Crippen LogP contribution in [0.1, 0.15) is 24.8 Å². The van der Waals surface area contributed by atoms with Gasteiger partial charge in [-0.3, -0.25) is 9.79 Å². The number of aliphatic imine (C=N–C) groups is 1. The van der Waals surface area contributed by atoms with Crippen molar-refractivity contribution in [3.8, 4) is 0 Å². The van der Waals surface area contributed by atoms with Gasteiger partial charge in [-0.25, -0.2) is 0 Å². The number of amidine groups is 1. The van der Waals surface area contributed by atoms with Crippen LogP contribution in [0, 0.1) is 0 Å². The lowest BCUT2D eigenvalue weighted by molar-refractivity contribution is -0.166. The molecule has 19 heavy (non-hydrogen) atoms. The largest absolute Gasteiger partial charge is 0.412 e. The minimum absolute atomic E-state index is 0.0192. The summed E-state index contributed by atoms with van der Waals surface area (Å²) < 4.78 is 36.1. The van der Waals surface area contributed by atoms with Crippen molar-refractivity contribution >= 4 is 34.2 Å². The Bertz CT molecular complexity index is 513. The monoisotopic (exact) mass is 308 g/mol. The summed E-state index contributed by atoms with van der Waals surface area (Å²) in [6.45, 7) is 2.64. The summed E-state index contributed by atoms with van der Waals surface area (Å²) in [6, 6.07) is 3.42. The lowest BCUT2D eigenvalue weighted by atomic mass is 10.1. The fourth-order valence-corrected chi connectivity index (χ4v) is 3.22. The third-order valence-corrected chi connectivity index (χ3v) is 5.03. The van der Waals surface area contributed by atoms with E-state index in [1.54, 1.807) is 6.92 Å². The van der Waals surface area contributed by atoms with Crippen molar-refractivity contribution in [1.29, 1.82) is 0 Å². The zero-order valence-corrected chi connectivity index (χ0v) is 11.7. The van der Waals surface area contributed by atoms with Gasteiger partial charge in [0.25, 0.3) is 5.91 Å². The van der Waals surface area contributed by atoms with Crippen LogP contribution in [0.2, 0.25) is 0 Å². The number of nitrogens with zero attached hydrogens (tertiary/aromatic N) is 1. The number of amides is 1. The van der Waals surface area contributed by atoms with Gasteiger partial charge < -0.3 is 5.32 Å². The number of rotatable bonds is 2. The van der Waals surface area contributed by atoms with E-state index in [4.69, 9.17) is 0 Å². The van der Waals surface area contributed by atoms with Crippen LogP contribution < -0.4 is 5.32 Å². The smallest absolute Gasteiger partial charge is 0.304 e. The van der Waals surface area contributed by atoms with Crippen LogP contribution >= 0.6 is 23.1 Å². The summed E-state index contributed by atoms with van der Waals surface area (Å²) in [6.07, 6.45) is -4.61. The molecule has 3 nitrogen and oxygen atoms in total. The van der Waals surface area contributed by atoms with Crippen molar-refractivity contribution in [2.24, 2.45) is 4.99 Å². The van der Waals surface area contributed by atoms with Crippen molar-refractivity contribution in [3.05, 3.63) is 22.4 Å². The molecular weight excluding hydrogens is 297 g/mol. The lowest BCUT2D eigenvalue weighted by Crippen LogP contribution is -2.46. The Morgan fingerprint density at radius 2 is 2.16 bits per heavy atom. The third-order valence-electron chi connectivity index (χ3n) is 2.76. The molecule has 1 aromatic rings. The second kappa shape index (κ2) is 4.82. The Morgan fingerprint density at radius 3 is 2.63 bits per heavy atom. The number of thiophene rings is 1. The molecule has 104 valence electrons. The molecule has 0 bridgehead atoms. The van der Waals surface area contributed by atoms with Gasteiger partial charge in [-0.05, 0) is 25.3 Å². The van der Waals surface area contributed by atoms with Gasteiger partial charge in [-0.1, -0.05) is 17.8 Å². The normalized spacial score (nSPS) is 27.6. The molecule has 0 spiro atoms. The van der Waals surface area contributed by atoms with Crippen molar-refractivity contribution in [1.82, 2.24) is 5.32 Å². The third kappa shape index (κ3) is 2.64. The van der Waals surface area contributed by atoms with E-state index < -0.39 is 16.8 Å². The van der Waals surface area contributed by atoms with E-state index in [0.717, 1.165) is 11.8 Å².